The summed E-state index contributed by atoms with van der Waals surface area (Å²) in [5.41, 5.74) is 5.81. The molecule has 1 aliphatic rings. The number of nitrogen functional groups attached to an aromatic ring is 1. The maximum atomic E-state index is 5.81. The van der Waals surface area contributed by atoms with E-state index in [0.29, 0.717) is 5.95 Å². The van der Waals surface area contributed by atoms with E-state index in [1.54, 1.807) is 11.3 Å². The van der Waals surface area contributed by atoms with Gasteiger partial charge in [-0.3, -0.25) is 0 Å². The monoisotopic (exact) mass is 262 g/mol. The van der Waals surface area contributed by atoms with Gasteiger partial charge in [0, 0.05) is 13.1 Å². The third kappa shape index (κ3) is 2.14. The van der Waals surface area contributed by atoms with Gasteiger partial charge in [-0.05, 0) is 36.6 Å². The van der Waals surface area contributed by atoms with Gasteiger partial charge in [-0.25, -0.2) is 4.98 Å². The maximum Gasteiger partial charge on any atom is 0.223 e. The number of thiophene rings is 1. The third-order valence-corrected chi connectivity index (χ3v) is 4.45. The van der Waals surface area contributed by atoms with Crippen LogP contribution in [-0.4, -0.2) is 23.1 Å². The van der Waals surface area contributed by atoms with Gasteiger partial charge in [-0.2, -0.15) is 4.98 Å². The predicted molar refractivity (Wildman–Crippen MR) is 77.1 cm³/mol. The number of nitrogens with two attached hydrogens (primary N) is 1. The fourth-order valence-corrected chi connectivity index (χ4v) is 3.34. The Morgan fingerprint density at radius 1 is 1.33 bits per heavy atom. The number of anilines is 2. The second kappa shape index (κ2) is 4.72. The molecule has 1 aliphatic heterocycles. The summed E-state index contributed by atoms with van der Waals surface area (Å²) in [6.07, 6.45) is 3.77. The second-order valence-corrected chi connectivity index (χ2v) is 5.96. The first-order valence-electron chi connectivity index (χ1n) is 6.49. The highest BCUT2D eigenvalue weighted by Gasteiger charge is 2.18. The van der Waals surface area contributed by atoms with E-state index in [-0.39, 0.29) is 0 Å². The number of hydrogen-bond donors (Lipinski definition) is 1. The first kappa shape index (κ1) is 11.7. The van der Waals surface area contributed by atoms with Crippen LogP contribution in [0.2, 0.25) is 0 Å². The summed E-state index contributed by atoms with van der Waals surface area (Å²) in [5, 5.41) is 3.20. The minimum Gasteiger partial charge on any atom is -0.368 e. The van der Waals surface area contributed by atoms with Crippen molar-refractivity contribution in [1.29, 1.82) is 0 Å². The van der Waals surface area contributed by atoms with E-state index in [1.807, 2.05) is 0 Å². The molecule has 3 heterocycles. The zero-order valence-corrected chi connectivity index (χ0v) is 11.4. The van der Waals surface area contributed by atoms with E-state index in [9.17, 15) is 0 Å². The molecule has 1 saturated heterocycles. The molecule has 18 heavy (non-hydrogen) atoms. The van der Waals surface area contributed by atoms with Crippen molar-refractivity contribution in [3.63, 3.8) is 0 Å². The standard InChI is InChI=1S/C13H18N4S/c1-9-3-2-6-17(7-4-9)11-10-5-8-18-12(10)16-13(14)15-11/h5,8-9H,2-4,6-7H2,1H3,(H2,14,15,16). The molecule has 1 unspecified atom stereocenters. The number of aromatic nitrogens is 2. The van der Waals surface area contributed by atoms with Crippen molar-refractivity contribution in [2.45, 2.75) is 26.2 Å². The van der Waals surface area contributed by atoms with Crippen molar-refractivity contribution in [2.75, 3.05) is 23.7 Å². The smallest absolute Gasteiger partial charge is 0.223 e. The van der Waals surface area contributed by atoms with Crippen LogP contribution in [0.15, 0.2) is 11.4 Å². The first-order chi connectivity index (χ1) is 8.74. The van der Waals surface area contributed by atoms with Gasteiger partial charge >= 0.3 is 0 Å². The van der Waals surface area contributed by atoms with Crippen LogP contribution in [0.25, 0.3) is 10.2 Å². The number of nitrogens with zero attached hydrogens (tertiary/aromatic N) is 3. The zero-order valence-electron chi connectivity index (χ0n) is 10.6. The lowest BCUT2D eigenvalue weighted by atomic mass is 10.0. The van der Waals surface area contributed by atoms with Crippen LogP contribution in [0, 0.1) is 5.92 Å². The molecule has 0 radical (unpaired) electrons. The molecule has 2 aromatic heterocycles. The minimum absolute atomic E-state index is 0.386. The van der Waals surface area contributed by atoms with E-state index < -0.39 is 0 Å². The van der Waals surface area contributed by atoms with Crippen LogP contribution in [0.1, 0.15) is 26.2 Å². The Morgan fingerprint density at radius 3 is 3.11 bits per heavy atom. The van der Waals surface area contributed by atoms with Crippen LogP contribution in [0.4, 0.5) is 11.8 Å². The Kier molecular flexibility index (Phi) is 3.07. The fraction of sp³-hybridized carbons (Fsp3) is 0.538. The molecule has 96 valence electrons. The van der Waals surface area contributed by atoms with Crippen LogP contribution in [0.5, 0.6) is 0 Å². The van der Waals surface area contributed by atoms with Crippen LogP contribution in [0.3, 0.4) is 0 Å². The molecule has 0 saturated carbocycles. The Labute approximate surface area is 111 Å². The van der Waals surface area contributed by atoms with Gasteiger partial charge in [-0.1, -0.05) is 6.92 Å². The molecule has 1 atom stereocenters. The summed E-state index contributed by atoms with van der Waals surface area (Å²) in [4.78, 5) is 12.1. The lowest BCUT2D eigenvalue weighted by Crippen LogP contribution is -2.25. The average Bonchev–Trinajstić information content (AvgIpc) is 2.70. The molecular formula is C13H18N4S. The number of fused-ring (bicyclic) bond motifs is 1. The molecule has 0 amide bonds. The van der Waals surface area contributed by atoms with Gasteiger partial charge in [0.2, 0.25) is 5.95 Å². The summed E-state index contributed by atoms with van der Waals surface area (Å²) in [7, 11) is 0. The van der Waals surface area contributed by atoms with Gasteiger partial charge in [0.15, 0.2) is 0 Å². The molecular weight excluding hydrogens is 244 g/mol. The van der Waals surface area contributed by atoms with Gasteiger partial charge in [-0.15, -0.1) is 11.3 Å². The molecule has 3 rings (SSSR count). The van der Waals surface area contributed by atoms with Gasteiger partial charge in [0.25, 0.3) is 0 Å². The Bertz CT molecular complexity index is 551. The van der Waals surface area contributed by atoms with Crippen molar-refractivity contribution in [3.05, 3.63) is 11.4 Å². The second-order valence-electron chi connectivity index (χ2n) is 5.07. The lowest BCUT2D eigenvalue weighted by Gasteiger charge is -2.22. The van der Waals surface area contributed by atoms with Crippen molar-refractivity contribution >= 4 is 33.3 Å². The van der Waals surface area contributed by atoms with Gasteiger partial charge in [0.1, 0.15) is 10.6 Å². The summed E-state index contributed by atoms with van der Waals surface area (Å²) in [6.45, 7) is 4.48. The Balaban J connectivity index is 1.99. The van der Waals surface area contributed by atoms with E-state index in [4.69, 9.17) is 5.73 Å². The molecule has 0 spiro atoms. The number of hydrogen-bond acceptors (Lipinski definition) is 5. The van der Waals surface area contributed by atoms with E-state index in [0.717, 1.165) is 35.0 Å². The zero-order chi connectivity index (χ0) is 12.5. The Hall–Kier alpha value is -1.36. The third-order valence-electron chi connectivity index (χ3n) is 3.64. The highest BCUT2D eigenvalue weighted by molar-refractivity contribution is 7.16. The van der Waals surface area contributed by atoms with Crippen molar-refractivity contribution in [1.82, 2.24) is 9.97 Å². The Morgan fingerprint density at radius 2 is 2.22 bits per heavy atom. The van der Waals surface area contributed by atoms with Crippen molar-refractivity contribution < 1.29 is 0 Å². The molecule has 4 nitrogen and oxygen atoms in total. The SMILES string of the molecule is CC1CCCN(c2nc(N)nc3sccc23)CC1. The van der Waals surface area contributed by atoms with Crippen LogP contribution in [-0.2, 0) is 0 Å². The maximum absolute atomic E-state index is 5.81. The van der Waals surface area contributed by atoms with E-state index in [2.05, 4.69) is 33.2 Å². The molecule has 0 aromatic carbocycles. The normalized spacial score (nSPS) is 21.2. The summed E-state index contributed by atoms with van der Waals surface area (Å²) in [5.74, 6) is 2.22. The quantitative estimate of drug-likeness (QED) is 0.858. The summed E-state index contributed by atoms with van der Waals surface area (Å²) >= 11 is 1.63. The minimum atomic E-state index is 0.386. The highest BCUT2D eigenvalue weighted by Crippen LogP contribution is 2.30. The van der Waals surface area contributed by atoms with Crippen LogP contribution < -0.4 is 10.6 Å². The van der Waals surface area contributed by atoms with E-state index in [1.165, 1.54) is 19.3 Å². The molecule has 0 aliphatic carbocycles. The predicted octanol–water partition coefficient (Wildman–Crippen LogP) is 2.90. The molecule has 0 bridgehead atoms. The average molecular weight is 262 g/mol. The fourth-order valence-electron chi connectivity index (χ4n) is 2.57. The largest absolute Gasteiger partial charge is 0.368 e. The van der Waals surface area contributed by atoms with Gasteiger partial charge in [0.05, 0.1) is 5.39 Å². The molecule has 2 aromatic rings. The van der Waals surface area contributed by atoms with Crippen LogP contribution >= 0.6 is 11.3 Å². The molecule has 5 heteroatoms. The van der Waals surface area contributed by atoms with E-state index >= 15 is 0 Å². The molecule has 2 N–H and O–H groups in total. The highest BCUT2D eigenvalue weighted by atomic mass is 32.1. The summed E-state index contributed by atoms with van der Waals surface area (Å²) in [6, 6.07) is 2.10. The lowest BCUT2D eigenvalue weighted by molar-refractivity contribution is 0.521. The first-order valence-corrected chi connectivity index (χ1v) is 7.37. The topological polar surface area (TPSA) is 55.0 Å². The molecule has 1 fully saturated rings. The summed E-state index contributed by atoms with van der Waals surface area (Å²) < 4.78 is 0. The van der Waals surface area contributed by atoms with Crippen molar-refractivity contribution in [2.24, 2.45) is 5.92 Å². The van der Waals surface area contributed by atoms with Crippen molar-refractivity contribution in [3.8, 4) is 0 Å². The van der Waals surface area contributed by atoms with Gasteiger partial charge < -0.3 is 10.6 Å². The number of rotatable bonds is 1.